The van der Waals surface area contributed by atoms with Crippen molar-refractivity contribution in [2.45, 2.75) is 47.0 Å². The van der Waals surface area contributed by atoms with E-state index in [0.29, 0.717) is 28.8 Å². The fourth-order valence-corrected chi connectivity index (χ4v) is 3.69. The highest BCUT2D eigenvalue weighted by Crippen LogP contribution is 2.36. The zero-order valence-electron chi connectivity index (χ0n) is 18.2. The second kappa shape index (κ2) is 8.85. The molecule has 8 heteroatoms. The highest BCUT2D eigenvalue weighted by molar-refractivity contribution is 5.86. The van der Waals surface area contributed by atoms with Crippen LogP contribution in [0.1, 0.15) is 50.5 Å². The summed E-state index contributed by atoms with van der Waals surface area (Å²) < 4.78 is 25.4. The molecular weight excluding hydrogens is 403 g/mol. The predicted octanol–water partition coefficient (Wildman–Crippen LogP) is 3.72. The maximum atomic E-state index is 14.0. The van der Waals surface area contributed by atoms with E-state index in [-0.39, 0.29) is 29.0 Å². The van der Waals surface area contributed by atoms with E-state index < -0.39 is 17.9 Å². The molecule has 2 aliphatic heterocycles. The van der Waals surface area contributed by atoms with Gasteiger partial charge in [0, 0.05) is 22.6 Å². The number of fused-ring (bicyclic) bond motifs is 5. The molecule has 0 bridgehead atoms. The van der Waals surface area contributed by atoms with Crippen molar-refractivity contribution in [1.29, 1.82) is 0 Å². The molecule has 0 saturated heterocycles. The zero-order valence-corrected chi connectivity index (χ0v) is 18.2. The van der Waals surface area contributed by atoms with Gasteiger partial charge in [-0.15, -0.1) is 0 Å². The predicted molar refractivity (Wildman–Crippen MR) is 115 cm³/mol. The molecule has 2 aromatic heterocycles. The third kappa shape index (κ3) is 3.57. The fourth-order valence-electron chi connectivity index (χ4n) is 3.69. The number of cyclic esters (lactones) is 1. The smallest absolute Gasteiger partial charge is 0.340 e. The van der Waals surface area contributed by atoms with E-state index in [4.69, 9.17) is 9.47 Å². The first-order valence-corrected chi connectivity index (χ1v) is 10.3. The van der Waals surface area contributed by atoms with Crippen LogP contribution in [0.3, 0.4) is 0 Å². The number of hydrogen-bond acceptors (Lipinski definition) is 6. The van der Waals surface area contributed by atoms with Crippen LogP contribution < -0.4 is 10.3 Å². The number of benzene rings is 1. The van der Waals surface area contributed by atoms with Crippen molar-refractivity contribution in [3.8, 4) is 17.1 Å². The molecule has 1 aromatic carbocycles. The van der Waals surface area contributed by atoms with Gasteiger partial charge in [0.25, 0.3) is 5.56 Å². The van der Waals surface area contributed by atoms with Crippen LogP contribution in [-0.4, -0.2) is 27.7 Å². The Hall–Kier alpha value is -3.26. The van der Waals surface area contributed by atoms with Gasteiger partial charge < -0.3 is 19.1 Å². The van der Waals surface area contributed by atoms with Gasteiger partial charge in [0.05, 0.1) is 36.1 Å². The van der Waals surface area contributed by atoms with Gasteiger partial charge in [0.2, 0.25) is 0 Å². The molecule has 0 saturated carbocycles. The van der Waals surface area contributed by atoms with Gasteiger partial charge in [-0.1, -0.05) is 27.7 Å². The van der Waals surface area contributed by atoms with Crippen molar-refractivity contribution in [2.75, 3.05) is 7.11 Å². The Balaban J connectivity index is 0.000000645. The van der Waals surface area contributed by atoms with E-state index in [1.54, 1.807) is 12.1 Å². The molecule has 3 aromatic rings. The minimum absolute atomic E-state index is 0.117. The molecule has 1 N–H and O–H groups in total. The topological polar surface area (TPSA) is 90.6 Å². The van der Waals surface area contributed by atoms with Crippen molar-refractivity contribution in [3.05, 3.63) is 57.1 Å². The van der Waals surface area contributed by atoms with Crippen LogP contribution in [0.2, 0.25) is 0 Å². The molecule has 2 aliphatic rings. The quantitative estimate of drug-likeness (QED) is 0.465. The maximum absolute atomic E-state index is 14.0. The number of hydrogen-bond donors (Lipinski definition) is 1. The molecule has 0 amide bonds. The third-order valence-electron chi connectivity index (χ3n) is 5.05. The zero-order chi connectivity index (χ0) is 22.9. The number of carbonyl (C=O) groups excluding carboxylic acids is 1. The summed E-state index contributed by atoms with van der Waals surface area (Å²) in [6.45, 7) is 8.13. The number of rotatable bonds is 1. The van der Waals surface area contributed by atoms with Gasteiger partial charge in [-0.3, -0.25) is 4.79 Å². The molecule has 7 nitrogen and oxygen atoms in total. The first-order chi connectivity index (χ1) is 15.0. The van der Waals surface area contributed by atoms with Crippen molar-refractivity contribution < 1.29 is 23.8 Å². The van der Waals surface area contributed by atoms with Crippen molar-refractivity contribution >= 4 is 16.9 Å². The van der Waals surface area contributed by atoms with Gasteiger partial charge in [0.15, 0.2) is 17.7 Å². The van der Waals surface area contributed by atoms with Crippen molar-refractivity contribution in [1.82, 2.24) is 9.55 Å². The first-order valence-electron chi connectivity index (χ1n) is 10.3. The minimum atomic E-state index is -1.50. The summed E-state index contributed by atoms with van der Waals surface area (Å²) in [6, 6.07) is 6.26. The summed E-state index contributed by atoms with van der Waals surface area (Å²) in [7, 11) is 1.39. The van der Waals surface area contributed by atoms with Gasteiger partial charge in [0.1, 0.15) is 6.61 Å². The second-order valence-corrected chi connectivity index (χ2v) is 6.54. The molecule has 1 unspecified atom stereocenters. The summed E-state index contributed by atoms with van der Waals surface area (Å²) in [5.74, 6) is -1.20. The average Bonchev–Trinajstić information content (AvgIpc) is 3.15. The van der Waals surface area contributed by atoms with Crippen LogP contribution in [0.25, 0.3) is 22.3 Å². The summed E-state index contributed by atoms with van der Waals surface area (Å²) in [6.07, 6.45) is -1.50. The van der Waals surface area contributed by atoms with Gasteiger partial charge in [-0.2, -0.15) is 0 Å². The SMILES string of the molecule is CC.CC.COc1cc2cc3c(nc2cc1F)-c1cc2c(c(=O)n1C3)COC(=O)C2O. The molecule has 0 fully saturated rings. The lowest BCUT2D eigenvalue weighted by atomic mass is 10.0. The van der Waals surface area contributed by atoms with E-state index >= 15 is 0 Å². The number of nitrogens with zero attached hydrogens (tertiary/aromatic N) is 2. The van der Waals surface area contributed by atoms with Crippen LogP contribution in [-0.2, 0) is 22.7 Å². The number of aromatic nitrogens is 2. The summed E-state index contributed by atoms with van der Waals surface area (Å²) in [5.41, 5.74) is 2.38. The third-order valence-corrected chi connectivity index (χ3v) is 5.05. The van der Waals surface area contributed by atoms with Crippen molar-refractivity contribution in [2.24, 2.45) is 0 Å². The maximum Gasteiger partial charge on any atom is 0.340 e. The van der Waals surface area contributed by atoms with Gasteiger partial charge >= 0.3 is 5.97 Å². The molecule has 0 spiro atoms. The molecule has 164 valence electrons. The van der Waals surface area contributed by atoms with Crippen LogP contribution in [0.5, 0.6) is 5.75 Å². The van der Waals surface area contributed by atoms with E-state index in [1.807, 2.05) is 33.8 Å². The highest BCUT2D eigenvalue weighted by Gasteiger charge is 2.33. The first kappa shape index (κ1) is 22.4. The Morgan fingerprint density at radius 3 is 2.55 bits per heavy atom. The van der Waals surface area contributed by atoms with E-state index in [9.17, 15) is 19.1 Å². The van der Waals surface area contributed by atoms with E-state index in [2.05, 4.69) is 4.98 Å². The molecule has 0 radical (unpaired) electrons. The number of pyridine rings is 2. The van der Waals surface area contributed by atoms with Crippen LogP contribution in [0, 0.1) is 5.82 Å². The molecular formula is C23H25FN2O5. The Labute approximate surface area is 179 Å². The van der Waals surface area contributed by atoms with E-state index in [0.717, 1.165) is 5.56 Å². The van der Waals surface area contributed by atoms with Crippen LogP contribution >= 0.6 is 0 Å². The lowest BCUT2D eigenvalue weighted by molar-refractivity contribution is -0.157. The van der Waals surface area contributed by atoms with Gasteiger partial charge in [-0.05, 0) is 18.2 Å². The van der Waals surface area contributed by atoms with Crippen LogP contribution in [0.15, 0.2) is 29.1 Å². The lowest BCUT2D eigenvalue weighted by Gasteiger charge is -2.21. The van der Waals surface area contributed by atoms with E-state index in [1.165, 1.54) is 17.7 Å². The minimum Gasteiger partial charge on any atom is -0.494 e. The second-order valence-electron chi connectivity index (χ2n) is 6.54. The largest absolute Gasteiger partial charge is 0.494 e. The monoisotopic (exact) mass is 428 g/mol. The molecule has 31 heavy (non-hydrogen) atoms. The molecule has 4 heterocycles. The summed E-state index contributed by atoms with van der Waals surface area (Å²) in [4.78, 5) is 29.0. The Kier molecular flexibility index (Phi) is 6.40. The molecule has 1 atom stereocenters. The van der Waals surface area contributed by atoms with Gasteiger partial charge in [-0.25, -0.2) is 14.2 Å². The number of aliphatic hydroxyl groups is 1. The molecule has 0 aliphatic carbocycles. The van der Waals surface area contributed by atoms with Crippen molar-refractivity contribution in [3.63, 3.8) is 0 Å². The Morgan fingerprint density at radius 2 is 1.87 bits per heavy atom. The number of carbonyl (C=O) groups is 1. The number of aliphatic hydroxyl groups excluding tert-OH is 1. The Bertz CT molecular complexity index is 1220. The molecule has 5 rings (SSSR count). The summed E-state index contributed by atoms with van der Waals surface area (Å²) >= 11 is 0. The van der Waals surface area contributed by atoms with Crippen LogP contribution in [0.4, 0.5) is 4.39 Å². The normalized spacial score (nSPS) is 15.5. The summed E-state index contributed by atoms with van der Waals surface area (Å²) in [5, 5.41) is 10.8. The Morgan fingerprint density at radius 1 is 1.16 bits per heavy atom. The standard InChI is InChI=1S/C19H13FN2O5.2C2H6/c1-26-15-3-8-2-9-6-22-14(16(9)21-13(8)5-12(15)20)4-10-11(18(22)24)7-27-19(25)17(10)23;2*1-2/h2-5,17,23H,6-7H2,1H3;2*1-2H3. The average molecular weight is 428 g/mol. The number of halogens is 1. The fraction of sp³-hybridized carbons (Fsp3) is 0.348. The number of ether oxygens (including phenoxy) is 2. The number of esters is 1. The lowest BCUT2D eigenvalue weighted by Crippen LogP contribution is -2.32. The number of methoxy groups -OCH3 is 1. The highest BCUT2D eigenvalue weighted by atomic mass is 19.1.